The maximum absolute atomic E-state index is 11.8. The standard InChI is InChI=1S/C14H18BrN5O2/c1-8-11(9(2)20(3)19-8)4-5-13(21)17-18-14(22)12-6-10(15)7-16-12/h6-7,16H,4-5H2,1-3H3,(H,17,21)(H,18,22). The van der Waals surface area contributed by atoms with Crippen LogP contribution in [0.1, 0.15) is 33.9 Å². The fourth-order valence-corrected chi connectivity index (χ4v) is 2.52. The van der Waals surface area contributed by atoms with Crippen LogP contribution in [0.4, 0.5) is 0 Å². The van der Waals surface area contributed by atoms with Gasteiger partial charge in [-0.05, 0) is 47.8 Å². The summed E-state index contributed by atoms with van der Waals surface area (Å²) in [4.78, 5) is 26.4. The van der Waals surface area contributed by atoms with Crippen molar-refractivity contribution in [2.75, 3.05) is 0 Å². The van der Waals surface area contributed by atoms with E-state index in [0.29, 0.717) is 12.1 Å². The predicted molar refractivity (Wildman–Crippen MR) is 85.1 cm³/mol. The van der Waals surface area contributed by atoms with E-state index in [1.54, 1.807) is 16.9 Å². The van der Waals surface area contributed by atoms with Crippen molar-refractivity contribution in [1.29, 1.82) is 0 Å². The third-order valence-corrected chi connectivity index (χ3v) is 3.93. The molecule has 2 rings (SSSR count). The van der Waals surface area contributed by atoms with Gasteiger partial charge in [0, 0.05) is 29.8 Å². The molecule has 0 saturated carbocycles. The molecule has 0 aliphatic heterocycles. The minimum Gasteiger partial charge on any atom is -0.356 e. The van der Waals surface area contributed by atoms with Crippen LogP contribution in [0.15, 0.2) is 16.7 Å². The molecular weight excluding hydrogens is 350 g/mol. The molecule has 2 aromatic heterocycles. The summed E-state index contributed by atoms with van der Waals surface area (Å²) in [6.45, 7) is 3.89. The molecule has 118 valence electrons. The molecule has 0 aliphatic rings. The van der Waals surface area contributed by atoms with Crippen LogP contribution in [0.25, 0.3) is 0 Å². The molecule has 0 spiro atoms. The molecule has 7 nitrogen and oxygen atoms in total. The van der Waals surface area contributed by atoms with E-state index in [1.807, 2.05) is 20.9 Å². The average molecular weight is 368 g/mol. The third kappa shape index (κ3) is 3.76. The Hall–Kier alpha value is -2.09. The lowest BCUT2D eigenvalue weighted by molar-refractivity contribution is -0.121. The third-order valence-electron chi connectivity index (χ3n) is 3.47. The van der Waals surface area contributed by atoms with Crippen LogP contribution in [0.2, 0.25) is 0 Å². The molecule has 2 heterocycles. The number of hydrogen-bond acceptors (Lipinski definition) is 3. The normalized spacial score (nSPS) is 10.5. The van der Waals surface area contributed by atoms with Crippen molar-refractivity contribution in [2.24, 2.45) is 7.05 Å². The van der Waals surface area contributed by atoms with E-state index in [4.69, 9.17) is 0 Å². The Kier molecular flexibility index (Phi) is 5.02. The second-order valence-corrected chi connectivity index (χ2v) is 5.92. The molecule has 0 fully saturated rings. The van der Waals surface area contributed by atoms with E-state index >= 15 is 0 Å². The Morgan fingerprint density at radius 2 is 2.09 bits per heavy atom. The number of carbonyl (C=O) groups is 2. The van der Waals surface area contributed by atoms with Gasteiger partial charge in [0.1, 0.15) is 5.69 Å². The summed E-state index contributed by atoms with van der Waals surface area (Å²) in [5.74, 6) is -0.644. The number of hydrogen-bond donors (Lipinski definition) is 3. The summed E-state index contributed by atoms with van der Waals surface area (Å²) in [5, 5.41) is 4.31. The number of H-pyrrole nitrogens is 1. The van der Waals surface area contributed by atoms with E-state index in [9.17, 15) is 9.59 Å². The SMILES string of the molecule is Cc1nn(C)c(C)c1CCC(=O)NNC(=O)c1cc(Br)c[nH]1. The number of aromatic nitrogens is 3. The summed E-state index contributed by atoms with van der Waals surface area (Å²) < 4.78 is 2.57. The molecule has 0 unspecified atom stereocenters. The molecular formula is C14H18BrN5O2. The van der Waals surface area contributed by atoms with Gasteiger partial charge in [-0.3, -0.25) is 25.1 Å². The zero-order chi connectivity index (χ0) is 16.3. The maximum atomic E-state index is 11.8. The van der Waals surface area contributed by atoms with Crippen LogP contribution in [0.3, 0.4) is 0 Å². The van der Waals surface area contributed by atoms with Crippen LogP contribution >= 0.6 is 15.9 Å². The highest BCUT2D eigenvalue weighted by molar-refractivity contribution is 9.10. The fraction of sp³-hybridized carbons (Fsp3) is 0.357. The Morgan fingerprint density at radius 1 is 1.36 bits per heavy atom. The van der Waals surface area contributed by atoms with Gasteiger partial charge in [0.25, 0.3) is 5.91 Å². The van der Waals surface area contributed by atoms with Crippen LogP contribution < -0.4 is 10.9 Å². The van der Waals surface area contributed by atoms with Crippen LogP contribution in [0, 0.1) is 13.8 Å². The first kappa shape index (κ1) is 16.3. The molecule has 0 radical (unpaired) electrons. The van der Waals surface area contributed by atoms with Crippen molar-refractivity contribution in [1.82, 2.24) is 25.6 Å². The van der Waals surface area contributed by atoms with Gasteiger partial charge in [0.15, 0.2) is 0 Å². The van der Waals surface area contributed by atoms with Gasteiger partial charge in [-0.1, -0.05) is 0 Å². The molecule has 0 bridgehead atoms. The molecule has 22 heavy (non-hydrogen) atoms. The number of nitrogens with zero attached hydrogens (tertiary/aromatic N) is 2. The van der Waals surface area contributed by atoms with E-state index in [1.165, 1.54) is 0 Å². The zero-order valence-electron chi connectivity index (χ0n) is 12.7. The first-order chi connectivity index (χ1) is 10.4. The van der Waals surface area contributed by atoms with Gasteiger partial charge >= 0.3 is 0 Å². The Morgan fingerprint density at radius 3 is 2.64 bits per heavy atom. The largest absolute Gasteiger partial charge is 0.356 e. The van der Waals surface area contributed by atoms with E-state index in [-0.39, 0.29) is 12.3 Å². The highest BCUT2D eigenvalue weighted by Gasteiger charge is 2.12. The summed E-state index contributed by atoms with van der Waals surface area (Å²) in [6, 6.07) is 1.63. The Balaban J connectivity index is 1.82. The summed E-state index contributed by atoms with van der Waals surface area (Å²) >= 11 is 3.24. The first-order valence-electron chi connectivity index (χ1n) is 6.80. The highest BCUT2D eigenvalue weighted by Crippen LogP contribution is 2.14. The smallest absolute Gasteiger partial charge is 0.286 e. The number of halogens is 1. The van der Waals surface area contributed by atoms with E-state index < -0.39 is 5.91 Å². The average Bonchev–Trinajstić information content (AvgIpc) is 3.00. The molecule has 2 amide bonds. The Bertz CT molecular complexity index is 704. The van der Waals surface area contributed by atoms with Gasteiger partial charge in [-0.15, -0.1) is 0 Å². The summed E-state index contributed by atoms with van der Waals surface area (Å²) in [7, 11) is 1.88. The molecule has 3 N–H and O–H groups in total. The van der Waals surface area contributed by atoms with E-state index in [2.05, 4.69) is 36.9 Å². The highest BCUT2D eigenvalue weighted by atomic mass is 79.9. The minimum absolute atomic E-state index is 0.248. The second-order valence-electron chi connectivity index (χ2n) is 5.01. The molecule has 8 heteroatoms. The predicted octanol–water partition coefficient (Wildman–Crippen LogP) is 1.52. The molecule has 0 atom stereocenters. The zero-order valence-corrected chi connectivity index (χ0v) is 14.2. The number of nitrogens with one attached hydrogen (secondary N) is 3. The lowest BCUT2D eigenvalue weighted by atomic mass is 10.1. The number of amides is 2. The van der Waals surface area contributed by atoms with Crippen LogP contribution in [-0.4, -0.2) is 26.6 Å². The van der Waals surface area contributed by atoms with Gasteiger partial charge in [-0.2, -0.15) is 5.10 Å². The quantitative estimate of drug-likeness (QED) is 0.715. The van der Waals surface area contributed by atoms with Crippen molar-refractivity contribution in [3.05, 3.63) is 39.4 Å². The van der Waals surface area contributed by atoms with Crippen molar-refractivity contribution in [2.45, 2.75) is 26.7 Å². The topological polar surface area (TPSA) is 91.8 Å². The van der Waals surface area contributed by atoms with Crippen molar-refractivity contribution < 1.29 is 9.59 Å². The van der Waals surface area contributed by atoms with Crippen LogP contribution in [0.5, 0.6) is 0 Å². The molecule has 2 aromatic rings. The lowest BCUT2D eigenvalue weighted by Crippen LogP contribution is -2.41. The number of aryl methyl sites for hydroxylation is 2. The van der Waals surface area contributed by atoms with Crippen LogP contribution in [-0.2, 0) is 18.3 Å². The van der Waals surface area contributed by atoms with Gasteiger partial charge in [-0.25, -0.2) is 0 Å². The number of aromatic amines is 1. The lowest BCUT2D eigenvalue weighted by Gasteiger charge is -2.06. The number of carbonyl (C=O) groups excluding carboxylic acids is 2. The molecule has 0 aliphatic carbocycles. The van der Waals surface area contributed by atoms with Gasteiger partial charge < -0.3 is 4.98 Å². The minimum atomic E-state index is -0.396. The maximum Gasteiger partial charge on any atom is 0.286 e. The van der Waals surface area contributed by atoms with Gasteiger partial charge in [0.2, 0.25) is 5.91 Å². The number of rotatable bonds is 4. The summed E-state index contributed by atoms with van der Waals surface area (Å²) in [6.07, 6.45) is 2.51. The fourth-order valence-electron chi connectivity index (χ4n) is 2.17. The molecule has 0 aromatic carbocycles. The second kappa shape index (κ2) is 6.78. The summed E-state index contributed by atoms with van der Waals surface area (Å²) in [5.41, 5.74) is 8.18. The van der Waals surface area contributed by atoms with Crippen molar-refractivity contribution >= 4 is 27.7 Å². The van der Waals surface area contributed by atoms with Gasteiger partial charge in [0.05, 0.1) is 5.69 Å². The van der Waals surface area contributed by atoms with Crippen molar-refractivity contribution in [3.63, 3.8) is 0 Å². The number of hydrazine groups is 1. The molecule has 0 saturated heterocycles. The monoisotopic (exact) mass is 367 g/mol. The van der Waals surface area contributed by atoms with E-state index in [0.717, 1.165) is 21.4 Å². The van der Waals surface area contributed by atoms with Crippen molar-refractivity contribution in [3.8, 4) is 0 Å². The Labute approximate surface area is 136 Å². The first-order valence-corrected chi connectivity index (χ1v) is 7.60.